The van der Waals surface area contributed by atoms with E-state index in [9.17, 15) is 4.79 Å². The number of thiazole rings is 1. The fraction of sp³-hybridized carbons (Fsp3) is 0.250. The molecule has 0 bridgehead atoms. The summed E-state index contributed by atoms with van der Waals surface area (Å²) in [4.78, 5) is 16.6. The maximum absolute atomic E-state index is 12.5. The molecule has 0 saturated heterocycles. The van der Waals surface area contributed by atoms with Crippen molar-refractivity contribution in [3.05, 3.63) is 47.7 Å². The number of rotatable bonds is 6. The van der Waals surface area contributed by atoms with Crippen LogP contribution in [-0.2, 0) is 4.79 Å². The van der Waals surface area contributed by atoms with Crippen molar-refractivity contribution in [2.24, 2.45) is 0 Å². The Hall–Kier alpha value is -2.19. The molecule has 0 aliphatic heterocycles. The van der Waals surface area contributed by atoms with Crippen LogP contribution < -0.4 is 5.32 Å². The molecule has 3 rings (SSSR count). The van der Waals surface area contributed by atoms with Crippen LogP contribution in [0.4, 0.5) is 5.13 Å². The van der Waals surface area contributed by atoms with E-state index >= 15 is 0 Å². The van der Waals surface area contributed by atoms with Crippen molar-refractivity contribution in [2.45, 2.75) is 30.7 Å². The Morgan fingerprint density at radius 1 is 1.33 bits per heavy atom. The highest BCUT2D eigenvalue weighted by atomic mass is 32.2. The van der Waals surface area contributed by atoms with Crippen LogP contribution in [0.2, 0.25) is 0 Å². The lowest BCUT2D eigenvalue weighted by Gasteiger charge is -2.14. The summed E-state index contributed by atoms with van der Waals surface area (Å²) in [5, 5.41) is 14.1. The van der Waals surface area contributed by atoms with Gasteiger partial charge in [0.25, 0.3) is 0 Å². The van der Waals surface area contributed by atoms with E-state index in [4.69, 9.17) is 0 Å². The zero-order valence-corrected chi connectivity index (χ0v) is 15.0. The highest BCUT2D eigenvalue weighted by Gasteiger charge is 2.23. The molecule has 1 atom stereocenters. The molecular weight excluding hydrogens is 342 g/mol. The number of nitrogens with zero attached hydrogens (tertiary/aromatic N) is 4. The van der Waals surface area contributed by atoms with E-state index in [1.54, 1.807) is 6.20 Å². The lowest BCUT2D eigenvalue weighted by atomic mass is 10.3. The Labute approximate surface area is 148 Å². The Morgan fingerprint density at radius 2 is 2.12 bits per heavy atom. The molecule has 8 heteroatoms. The van der Waals surface area contributed by atoms with Gasteiger partial charge in [0.2, 0.25) is 5.91 Å². The fourth-order valence-electron chi connectivity index (χ4n) is 2.21. The van der Waals surface area contributed by atoms with Crippen LogP contribution in [0.25, 0.3) is 5.69 Å². The molecule has 2 aromatic heterocycles. The third kappa shape index (κ3) is 3.65. The van der Waals surface area contributed by atoms with E-state index in [0.29, 0.717) is 16.7 Å². The molecular formula is C16H17N5OS2. The van der Waals surface area contributed by atoms with E-state index in [2.05, 4.69) is 20.5 Å². The van der Waals surface area contributed by atoms with Crippen molar-refractivity contribution in [1.82, 2.24) is 19.7 Å². The van der Waals surface area contributed by atoms with Crippen LogP contribution in [0.15, 0.2) is 47.1 Å². The van der Waals surface area contributed by atoms with Crippen molar-refractivity contribution < 1.29 is 4.79 Å². The highest BCUT2D eigenvalue weighted by Crippen LogP contribution is 2.28. The summed E-state index contributed by atoms with van der Waals surface area (Å²) >= 11 is 2.82. The van der Waals surface area contributed by atoms with Crippen molar-refractivity contribution >= 4 is 34.1 Å². The van der Waals surface area contributed by atoms with E-state index < -0.39 is 0 Å². The average Bonchev–Trinajstić information content (AvgIpc) is 3.23. The molecule has 1 N–H and O–H groups in total. The number of hydrogen-bond acceptors (Lipinski definition) is 6. The largest absolute Gasteiger partial charge is 0.301 e. The number of nitrogens with one attached hydrogen (secondary N) is 1. The summed E-state index contributed by atoms with van der Waals surface area (Å²) < 4.78 is 1.96. The number of amides is 1. The molecule has 0 fully saturated rings. The van der Waals surface area contributed by atoms with Gasteiger partial charge in [0.1, 0.15) is 5.82 Å². The highest BCUT2D eigenvalue weighted by molar-refractivity contribution is 8.00. The second kappa shape index (κ2) is 7.59. The Balaban J connectivity index is 1.81. The zero-order chi connectivity index (χ0) is 16.9. The van der Waals surface area contributed by atoms with Crippen molar-refractivity contribution in [3.8, 4) is 5.69 Å². The third-order valence-corrected chi connectivity index (χ3v) is 5.38. The van der Waals surface area contributed by atoms with E-state index in [0.717, 1.165) is 11.5 Å². The van der Waals surface area contributed by atoms with Gasteiger partial charge in [0, 0.05) is 17.3 Å². The van der Waals surface area contributed by atoms with Gasteiger partial charge in [-0.3, -0.25) is 9.36 Å². The minimum atomic E-state index is -0.264. The SMILES string of the molecule is CC[C@H](Sc1nnc(C)n1-c1ccccc1)C(=O)Nc1nccs1. The zero-order valence-electron chi connectivity index (χ0n) is 13.3. The van der Waals surface area contributed by atoms with Gasteiger partial charge >= 0.3 is 0 Å². The van der Waals surface area contributed by atoms with Crippen LogP contribution in [0, 0.1) is 6.92 Å². The van der Waals surface area contributed by atoms with Crippen molar-refractivity contribution in [1.29, 1.82) is 0 Å². The topological polar surface area (TPSA) is 72.7 Å². The van der Waals surface area contributed by atoms with Gasteiger partial charge in [-0.2, -0.15) is 0 Å². The van der Waals surface area contributed by atoms with Crippen LogP contribution in [0.3, 0.4) is 0 Å². The summed E-state index contributed by atoms with van der Waals surface area (Å²) in [7, 11) is 0. The molecule has 2 heterocycles. The number of benzene rings is 1. The lowest BCUT2D eigenvalue weighted by molar-refractivity contribution is -0.115. The summed E-state index contributed by atoms with van der Waals surface area (Å²) in [6.07, 6.45) is 2.35. The number of aromatic nitrogens is 4. The van der Waals surface area contributed by atoms with E-state index in [-0.39, 0.29) is 11.2 Å². The molecule has 0 unspecified atom stereocenters. The van der Waals surface area contributed by atoms with Gasteiger partial charge in [-0.1, -0.05) is 36.9 Å². The lowest BCUT2D eigenvalue weighted by Crippen LogP contribution is -2.25. The van der Waals surface area contributed by atoms with Gasteiger partial charge in [-0.25, -0.2) is 4.98 Å². The first-order valence-corrected chi connectivity index (χ1v) is 9.29. The number of para-hydroxylation sites is 1. The maximum Gasteiger partial charge on any atom is 0.239 e. The van der Waals surface area contributed by atoms with Gasteiger partial charge in [0.15, 0.2) is 10.3 Å². The van der Waals surface area contributed by atoms with Crippen LogP contribution in [0.1, 0.15) is 19.2 Å². The number of aryl methyl sites for hydroxylation is 1. The second-order valence-electron chi connectivity index (χ2n) is 5.04. The Bertz CT molecular complexity index is 801. The Morgan fingerprint density at radius 3 is 2.79 bits per heavy atom. The second-order valence-corrected chi connectivity index (χ2v) is 7.11. The van der Waals surface area contributed by atoms with Gasteiger partial charge < -0.3 is 5.32 Å². The van der Waals surface area contributed by atoms with E-state index in [1.165, 1.54) is 23.1 Å². The summed E-state index contributed by atoms with van der Waals surface area (Å²) in [6, 6.07) is 9.89. The number of carbonyl (C=O) groups excluding carboxylic acids is 1. The number of anilines is 1. The minimum absolute atomic E-state index is 0.0716. The Kier molecular flexibility index (Phi) is 5.27. The summed E-state index contributed by atoms with van der Waals surface area (Å²) in [6.45, 7) is 3.88. The number of thioether (sulfide) groups is 1. The first-order valence-electron chi connectivity index (χ1n) is 7.53. The minimum Gasteiger partial charge on any atom is -0.301 e. The van der Waals surface area contributed by atoms with Crippen LogP contribution >= 0.6 is 23.1 Å². The smallest absolute Gasteiger partial charge is 0.239 e. The van der Waals surface area contributed by atoms with Crippen molar-refractivity contribution in [2.75, 3.05) is 5.32 Å². The molecule has 1 aromatic carbocycles. The first-order chi connectivity index (χ1) is 11.7. The quantitative estimate of drug-likeness (QED) is 0.682. The molecule has 6 nitrogen and oxygen atoms in total. The predicted molar refractivity (Wildman–Crippen MR) is 96.8 cm³/mol. The standard InChI is InChI=1S/C16H17N5OS2/c1-3-13(14(22)18-15-17-9-10-23-15)24-16-20-19-11(2)21(16)12-7-5-4-6-8-12/h4-10,13H,3H2,1-2H3,(H,17,18,22)/t13-/m0/s1. The molecule has 3 aromatic rings. The molecule has 24 heavy (non-hydrogen) atoms. The maximum atomic E-state index is 12.5. The first kappa shape index (κ1) is 16.7. The molecule has 0 spiro atoms. The van der Waals surface area contributed by atoms with Gasteiger partial charge in [0.05, 0.1) is 5.25 Å². The third-order valence-electron chi connectivity index (χ3n) is 3.38. The average molecular weight is 359 g/mol. The summed E-state index contributed by atoms with van der Waals surface area (Å²) in [5.74, 6) is 0.719. The predicted octanol–water partition coefficient (Wildman–Crippen LogP) is 3.54. The molecule has 0 radical (unpaired) electrons. The van der Waals surface area contributed by atoms with Gasteiger partial charge in [-0.15, -0.1) is 21.5 Å². The molecule has 0 saturated carbocycles. The number of carbonyl (C=O) groups is 1. The fourth-order valence-corrected chi connectivity index (χ4v) is 3.76. The molecule has 0 aliphatic carbocycles. The number of hydrogen-bond donors (Lipinski definition) is 1. The van der Waals surface area contributed by atoms with E-state index in [1.807, 2.05) is 54.1 Å². The normalized spacial score (nSPS) is 12.1. The van der Waals surface area contributed by atoms with Crippen LogP contribution in [-0.4, -0.2) is 30.9 Å². The van der Waals surface area contributed by atoms with Crippen LogP contribution in [0.5, 0.6) is 0 Å². The monoisotopic (exact) mass is 359 g/mol. The molecule has 124 valence electrons. The van der Waals surface area contributed by atoms with Crippen molar-refractivity contribution in [3.63, 3.8) is 0 Å². The molecule has 1 amide bonds. The molecule has 0 aliphatic rings. The summed E-state index contributed by atoms with van der Waals surface area (Å²) in [5.41, 5.74) is 0.984. The van der Waals surface area contributed by atoms with Gasteiger partial charge in [-0.05, 0) is 25.5 Å².